The van der Waals surface area contributed by atoms with Gasteiger partial charge in [0.1, 0.15) is 0 Å². The van der Waals surface area contributed by atoms with E-state index in [0.29, 0.717) is 0 Å². The molecule has 0 aliphatic carbocycles. The van der Waals surface area contributed by atoms with Crippen LogP contribution >= 0.6 is 12.4 Å². The van der Waals surface area contributed by atoms with Crippen molar-refractivity contribution in [2.24, 2.45) is 0 Å². The smallest absolute Gasteiger partial charge is 0.241 e. The second-order valence-electron chi connectivity index (χ2n) is 5.72. The number of carbonyl (C=O) groups excluding carboxylic acids is 1. The average molecular weight is 362 g/mol. The molecule has 1 aromatic carbocycles. The molecule has 1 heterocycles. The minimum Gasteiger partial charge on any atom is -0.348 e. The number of halogens is 1. The van der Waals surface area contributed by atoms with E-state index in [0.717, 1.165) is 18.5 Å². The fourth-order valence-electron chi connectivity index (χ4n) is 2.60. The summed E-state index contributed by atoms with van der Waals surface area (Å²) in [6.07, 6.45) is 0.939. The average Bonchev–Trinajstić information content (AvgIpc) is 2.51. The van der Waals surface area contributed by atoms with E-state index < -0.39 is 21.2 Å². The van der Waals surface area contributed by atoms with Crippen LogP contribution in [0.3, 0.4) is 0 Å². The van der Waals surface area contributed by atoms with Crippen molar-refractivity contribution in [3.05, 3.63) is 35.4 Å². The molecule has 2 atom stereocenters. The molecule has 2 N–H and O–H groups in total. The van der Waals surface area contributed by atoms with Crippen LogP contribution < -0.4 is 10.0 Å². The van der Waals surface area contributed by atoms with Crippen molar-refractivity contribution in [3.8, 4) is 0 Å². The van der Waals surface area contributed by atoms with Gasteiger partial charge < -0.3 is 10.2 Å². The highest BCUT2D eigenvalue weighted by Gasteiger charge is 2.30. The third-order valence-corrected chi connectivity index (χ3v) is 5.66. The first-order valence-electron chi connectivity index (χ1n) is 7.33. The fraction of sp³-hybridized carbons (Fsp3) is 0.533. The summed E-state index contributed by atoms with van der Waals surface area (Å²) in [5.41, 5.74) is 2.35. The fourth-order valence-corrected chi connectivity index (χ4v) is 3.72. The van der Waals surface area contributed by atoms with Gasteiger partial charge in [-0.2, -0.15) is 0 Å². The highest BCUT2D eigenvalue weighted by molar-refractivity contribution is 7.90. The van der Waals surface area contributed by atoms with Crippen molar-refractivity contribution in [3.63, 3.8) is 0 Å². The van der Waals surface area contributed by atoms with E-state index in [-0.39, 0.29) is 25.0 Å². The normalized spacial score (nSPS) is 18.5. The Hall–Kier alpha value is -1.15. The lowest BCUT2D eigenvalue weighted by atomic mass is 9.95. The molecule has 23 heavy (non-hydrogen) atoms. The molecule has 0 bridgehead atoms. The van der Waals surface area contributed by atoms with Gasteiger partial charge >= 0.3 is 0 Å². The Bertz CT molecular complexity index is 649. The van der Waals surface area contributed by atoms with Gasteiger partial charge in [-0.3, -0.25) is 4.79 Å². The highest BCUT2D eigenvalue weighted by Crippen LogP contribution is 2.22. The van der Waals surface area contributed by atoms with Crippen molar-refractivity contribution in [2.45, 2.75) is 24.6 Å². The molecule has 0 saturated carbocycles. The Balaban J connectivity index is 0.00000264. The van der Waals surface area contributed by atoms with Crippen LogP contribution in [0, 0.1) is 0 Å². The van der Waals surface area contributed by atoms with Crippen molar-refractivity contribution in [2.75, 3.05) is 27.2 Å². The molecule has 0 spiro atoms. The molecule has 6 nitrogen and oxygen atoms in total. The zero-order chi connectivity index (χ0) is 16.3. The summed E-state index contributed by atoms with van der Waals surface area (Å²) < 4.78 is 27.1. The van der Waals surface area contributed by atoms with Gasteiger partial charge in [-0.15, -0.1) is 12.4 Å². The number of fused-ring (bicyclic) bond motifs is 1. The van der Waals surface area contributed by atoms with Crippen molar-refractivity contribution in [1.82, 2.24) is 14.9 Å². The molecule has 1 amide bonds. The summed E-state index contributed by atoms with van der Waals surface area (Å²) in [6, 6.07) is 7.95. The minimum atomic E-state index is -3.69. The molecular weight excluding hydrogens is 338 g/mol. The van der Waals surface area contributed by atoms with Crippen LogP contribution in [0.2, 0.25) is 0 Å². The number of nitrogens with zero attached hydrogens (tertiary/aromatic N) is 1. The first-order valence-corrected chi connectivity index (χ1v) is 8.88. The van der Waals surface area contributed by atoms with Crippen molar-refractivity contribution >= 4 is 28.3 Å². The first kappa shape index (κ1) is 19.9. The maximum absolute atomic E-state index is 12.2. The highest BCUT2D eigenvalue weighted by atomic mass is 35.5. The van der Waals surface area contributed by atoms with Gasteiger partial charge in [0.15, 0.2) is 5.25 Å². The standard InChI is InChI=1S/C15H23N3O3S.ClH/c1-11(15(19)18(2)3)22(20,21)17-10-14-13-7-5-4-6-12(13)8-9-16-14;/h4-7,11,14,16-17H,8-10H2,1-3H3;1H. The number of hydrogen-bond donors (Lipinski definition) is 2. The predicted octanol–water partition coefficient (Wildman–Crippen LogP) is 0.691. The number of benzene rings is 1. The largest absolute Gasteiger partial charge is 0.348 e. The summed E-state index contributed by atoms with van der Waals surface area (Å²) in [7, 11) is -0.590. The second-order valence-corrected chi connectivity index (χ2v) is 7.81. The Morgan fingerprint density at radius 1 is 1.39 bits per heavy atom. The van der Waals surface area contributed by atoms with Gasteiger partial charge in [-0.25, -0.2) is 13.1 Å². The van der Waals surface area contributed by atoms with Crippen molar-refractivity contribution in [1.29, 1.82) is 0 Å². The predicted molar refractivity (Wildman–Crippen MR) is 93.2 cm³/mol. The Labute approximate surface area is 144 Å². The van der Waals surface area contributed by atoms with E-state index in [1.807, 2.05) is 18.2 Å². The number of amides is 1. The number of hydrogen-bond acceptors (Lipinski definition) is 4. The first-order chi connectivity index (χ1) is 10.3. The number of carbonyl (C=O) groups is 1. The minimum absolute atomic E-state index is 0. The Morgan fingerprint density at radius 3 is 2.70 bits per heavy atom. The molecule has 130 valence electrons. The Kier molecular flexibility index (Phi) is 7.01. The molecule has 2 unspecified atom stereocenters. The van der Waals surface area contributed by atoms with Crippen LogP contribution in [-0.2, 0) is 21.2 Å². The molecule has 1 aliphatic heterocycles. The van der Waals surface area contributed by atoms with Crippen molar-refractivity contribution < 1.29 is 13.2 Å². The maximum atomic E-state index is 12.2. The van der Waals surface area contributed by atoms with Gasteiger partial charge in [0, 0.05) is 26.7 Å². The monoisotopic (exact) mass is 361 g/mol. The van der Waals surface area contributed by atoms with Crippen LogP contribution in [0.5, 0.6) is 0 Å². The van der Waals surface area contributed by atoms with E-state index in [9.17, 15) is 13.2 Å². The lowest BCUT2D eigenvalue weighted by Crippen LogP contribution is -2.46. The van der Waals surface area contributed by atoms with E-state index in [1.165, 1.54) is 17.4 Å². The van der Waals surface area contributed by atoms with Gasteiger partial charge in [0.2, 0.25) is 15.9 Å². The van der Waals surface area contributed by atoms with E-state index in [4.69, 9.17) is 0 Å². The van der Waals surface area contributed by atoms with E-state index in [2.05, 4.69) is 16.1 Å². The third-order valence-electron chi connectivity index (χ3n) is 3.96. The van der Waals surface area contributed by atoms with Crippen LogP contribution in [0.15, 0.2) is 24.3 Å². The number of nitrogens with one attached hydrogen (secondary N) is 2. The number of sulfonamides is 1. The molecule has 1 aromatic rings. The Morgan fingerprint density at radius 2 is 2.04 bits per heavy atom. The summed E-state index contributed by atoms with van der Waals surface area (Å²) in [6.45, 7) is 2.47. The summed E-state index contributed by atoms with van der Waals surface area (Å²) in [5.74, 6) is -0.426. The molecule has 8 heteroatoms. The summed E-state index contributed by atoms with van der Waals surface area (Å²) >= 11 is 0. The van der Waals surface area contributed by atoms with Gasteiger partial charge in [0.05, 0.1) is 0 Å². The summed E-state index contributed by atoms with van der Waals surface area (Å²) in [4.78, 5) is 13.1. The topological polar surface area (TPSA) is 78.5 Å². The SMILES string of the molecule is CC(C(=O)N(C)C)S(=O)(=O)NCC1NCCc2ccccc21.Cl. The van der Waals surface area contributed by atoms with Crippen LogP contribution in [0.25, 0.3) is 0 Å². The molecule has 1 aliphatic rings. The molecule has 0 fully saturated rings. The second kappa shape index (κ2) is 8.10. The van der Waals surface area contributed by atoms with Crippen LogP contribution in [0.4, 0.5) is 0 Å². The maximum Gasteiger partial charge on any atom is 0.241 e. The van der Waals surface area contributed by atoms with Gasteiger partial charge in [-0.1, -0.05) is 24.3 Å². The summed E-state index contributed by atoms with van der Waals surface area (Å²) in [5, 5.41) is 2.22. The molecule has 2 rings (SSSR count). The van der Waals surface area contributed by atoms with E-state index in [1.54, 1.807) is 14.1 Å². The molecular formula is C15H24ClN3O3S. The lowest BCUT2D eigenvalue weighted by molar-refractivity contribution is -0.127. The third kappa shape index (κ3) is 4.67. The van der Waals surface area contributed by atoms with Crippen LogP contribution in [-0.4, -0.2) is 51.7 Å². The quantitative estimate of drug-likeness (QED) is 0.808. The van der Waals surface area contributed by atoms with Gasteiger partial charge in [-0.05, 0) is 31.0 Å². The van der Waals surface area contributed by atoms with Gasteiger partial charge in [0.25, 0.3) is 0 Å². The zero-order valence-electron chi connectivity index (χ0n) is 13.6. The van der Waals surface area contributed by atoms with Crippen LogP contribution in [0.1, 0.15) is 24.1 Å². The lowest BCUT2D eigenvalue weighted by Gasteiger charge is -2.27. The van der Waals surface area contributed by atoms with E-state index >= 15 is 0 Å². The number of rotatable bonds is 5. The molecule has 0 aromatic heterocycles. The zero-order valence-corrected chi connectivity index (χ0v) is 15.2. The molecule has 0 radical (unpaired) electrons. The molecule has 0 saturated heterocycles.